The third kappa shape index (κ3) is 8.85. The Hall–Kier alpha value is -2.09. The van der Waals surface area contributed by atoms with Crippen molar-refractivity contribution < 1.29 is 19.1 Å². The molecule has 29 heavy (non-hydrogen) atoms. The summed E-state index contributed by atoms with van der Waals surface area (Å²) >= 11 is 3.41. The Labute approximate surface area is 180 Å². The van der Waals surface area contributed by atoms with Crippen molar-refractivity contribution >= 4 is 33.8 Å². The molecule has 0 radical (unpaired) electrons. The minimum atomic E-state index is -0.612. The van der Waals surface area contributed by atoms with Gasteiger partial charge in [0.25, 0.3) is 0 Å². The number of carbonyl (C=O) groups excluding carboxylic acids is 3. The lowest BCUT2D eigenvalue weighted by atomic mass is 10.0. The maximum absolute atomic E-state index is 12.4. The van der Waals surface area contributed by atoms with E-state index < -0.39 is 11.7 Å². The molecule has 1 saturated heterocycles. The Balaban J connectivity index is 1.65. The summed E-state index contributed by atoms with van der Waals surface area (Å²) in [5, 5.41) is 5.36. The number of likely N-dealkylation sites (tertiary alicyclic amines) is 1. The Morgan fingerprint density at radius 3 is 2.34 bits per heavy atom. The number of hydrogen-bond donors (Lipinski definition) is 2. The number of carbonyl (C=O) groups is 3. The number of alkyl carbamates (subject to hydrolysis) is 1. The molecule has 3 amide bonds. The SMILES string of the molecule is CC(C)(C)OC(=O)NCC(=O)NC1CCN(C(=O)CCc2ccc(Br)cc2)CC1. The summed E-state index contributed by atoms with van der Waals surface area (Å²) in [6.45, 7) is 6.43. The minimum absolute atomic E-state index is 0.0125. The standard InChI is InChI=1S/C21H30BrN3O4/c1-21(2,3)29-20(28)23-14-18(26)24-17-10-12-25(13-11-17)19(27)9-6-15-4-7-16(22)8-5-15/h4-5,7-8,17H,6,9-14H2,1-3H3,(H,23,28)(H,24,26). The summed E-state index contributed by atoms with van der Waals surface area (Å²) in [7, 11) is 0. The largest absolute Gasteiger partial charge is 0.444 e. The molecular formula is C21H30BrN3O4. The number of amides is 3. The summed E-state index contributed by atoms with van der Waals surface area (Å²) in [4.78, 5) is 37.9. The molecule has 0 bridgehead atoms. The lowest BCUT2D eigenvalue weighted by Crippen LogP contribution is -2.49. The molecule has 0 unspecified atom stereocenters. The third-order valence-electron chi connectivity index (χ3n) is 4.55. The lowest BCUT2D eigenvalue weighted by Gasteiger charge is -2.32. The molecule has 8 heteroatoms. The summed E-state index contributed by atoms with van der Waals surface area (Å²) < 4.78 is 6.13. The van der Waals surface area contributed by atoms with Gasteiger partial charge >= 0.3 is 6.09 Å². The van der Waals surface area contributed by atoms with Crippen molar-refractivity contribution in [2.75, 3.05) is 19.6 Å². The van der Waals surface area contributed by atoms with E-state index in [4.69, 9.17) is 4.74 Å². The summed E-state index contributed by atoms with van der Waals surface area (Å²) in [5.41, 5.74) is 0.540. The molecule has 1 fully saturated rings. The Kier molecular flexibility index (Phi) is 8.49. The molecule has 1 aliphatic rings. The van der Waals surface area contributed by atoms with Gasteiger partial charge in [-0.1, -0.05) is 28.1 Å². The molecule has 1 heterocycles. The highest BCUT2D eigenvalue weighted by atomic mass is 79.9. The highest BCUT2D eigenvalue weighted by Crippen LogP contribution is 2.15. The molecule has 0 atom stereocenters. The molecular weight excluding hydrogens is 438 g/mol. The van der Waals surface area contributed by atoms with E-state index >= 15 is 0 Å². The zero-order chi connectivity index (χ0) is 21.4. The predicted octanol–water partition coefficient (Wildman–Crippen LogP) is 3.01. The van der Waals surface area contributed by atoms with Gasteiger partial charge in [-0.05, 0) is 57.7 Å². The van der Waals surface area contributed by atoms with Gasteiger partial charge in [0.2, 0.25) is 11.8 Å². The minimum Gasteiger partial charge on any atom is -0.444 e. The highest BCUT2D eigenvalue weighted by Gasteiger charge is 2.24. The normalized spacial score (nSPS) is 15.0. The number of nitrogens with zero attached hydrogens (tertiary/aromatic N) is 1. The second kappa shape index (κ2) is 10.6. The first-order valence-corrected chi connectivity index (χ1v) is 10.7. The first-order valence-electron chi connectivity index (χ1n) is 9.91. The van der Waals surface area contributed by atoms with E-state index in [1.807, 2.05) is 29.2 Å². The molecule has 0 spiro atoms. The molecule has 7 nitrogen and oxygen atoms in total. The van der Waals surface area contributed by atoms with E-state index in [0.29, 0.717) is 32.4 Å². The Bertz CT molecular complexity index is 708. The Morgan fingerprint density at radius 1 is 1.14 bits per heavy atom. The number of ether oxygens (including phenoxy) is 1. The number of benzene rings is 1. The number of hydrogen-bond acceptors (Lipinski definition) is 4. The quantitative estimate of drug-likeness (QED) is 0.672. The zero-order valence-corrected chi connectivity index (χ0v) is 18.9. The van der Waals surface area contributed by atoms with Crippen LogP contribution in [0, 0.1) is 0 Å². The summed E-state index contributed by atoms with van der Waals surface area (Å²) in [5.74, 6) is -0.111. The molecule has 1 aromatic carbocycles. The van der Waals surface area contributed by atoms with Crippen LogP contribution in [-0.2, 0) is 20.7 Å². The first-order chi connectivity index (χ1) is 13.6. The van der Waals surface area contributed by atoms with Crippen LogP contribution < -0.4 is 10.6 Å². The van der Waals surface area contributed by atoms with Crippen molar-refractivity contribution in [3.63, 3.8) is 0 Å². The molecule has 2 rings (SSSR count). The van der Waals surface area contributed by atoms with E-state index in [2.05, 4.69) is 26.6 Å². The number of aryl methyl sites for hydroxylation is 1. The smallest absolute Gasteiger partial charge is 0.408 e. The van der Waals surface area contributed by atoms with Gasteiger partial charge in [0, 0.05) is 30.0 Å². The van der Waals surface area contributed by atoms with Crippen LogP contribution in [-0.4, -0.2) is 54.1 Å². The van der Waals surface area contributed by atoms with Crippen molar-refractivity contribution in [2.45, 2.75) is 58.1 Å². The number of nitrogens with one attached hydrogen (secondary N) is 2. The van der Waals surface area contributed by atoms with Crippen LogP contribution in [0.5, 0.6) is 0 Å². The van der Waals surface area contributed by atoms with Crippen LogP contribution in [0.25, 0.3) is 0 Å². The van der Waals surface area contributed by atoms with E-state index in [9.17, 15) is 14.4 Å². The van der Waals surface area contributed by atoms with Crippen molar-refractivity contribution in [3.8, 4) is 0 Å². The average molecular weight is 468 g/mol. The predicted molar refractivity (Wildman–Crippen MR) is 114 cm³/mol. The van der Waals surface area contributed by atoms with Crippen LogP contribution >= 0.6 is 15.9 Å². The molecule has 1 aliphatic heterocycles. The van der Waals surface area contributed by atoms with Crippen LogP contribution in [0.3, 0.4) is 0 Å². The Morgan fingerprint density at radius 2 is 1.76 bits per heavy atom. The summed E-state index contributed by atoms with van der Waals surface area (Å²) in [6, 6.07) is 8.00. The van der Waals surface area contributed by atoms with Crippen LogP contribution in [0.1, 0.15) is 45.6 Å². The molecule has 1 aromatic rings. The van der Waals surface area contributed by atoms with Gasteiger partial charge in [0.05, 0.1) is 0 Å². The lowest BCUT2D eigenvalue weighted by molar-refractivity contribution is -0.132. The van der Waals surface area contributed by atoms with Gasteiger partial charge in [-0.2, -0.15) is 0 Å². The van der Waals surface area contributed by atoms with Crippen molar-refractivity contribution in [2.24, 2.45) is 0 Å². The van der Waals surface area contributed by atoms with Crippen molar-refractivity contribution in [3.05, 3.63) is 34.3 Å². The van der Waals surface area contributed by atoms with Gasteiger partial charge in [0.1, 0.15) is 12.1 Å². The maximum Gasteiger partial charge on any atom is 0.408 e. The van der Waals surface area contributed by atoms with Gasteiger partial charge in [-0.25, -0.2) is 4.79 Å². The van der Waals surface area contributed by atoms with Crippen LogP contribution in [0.15, 0.2) is 28.7 Å². The number of piperidine rings is 1. The van der Waals surface area contributed by atoms with Crippen molar-refractivity contribution in [1.82, 2.24) is 15.5 Å². The number of halogens is 1. The van der Waals surface area contributed by atoms with Gasteiger partial charge in [0.15, 0.2) is 0 Å². The monoisotopic (exact) mass is 467 g/mol. The van der Waals surface area contributed by atoms with E-state index in [0.717, 1.165) is 16.5 Å². The first kappa shape index (κ1) is 23.2. The summed E-state index contributed by atoms with van der Waals surface area (Å²) in [6.07, 6.45) is 2.01. The van der Waals surface area contributed by atoms with E-state index in [-0.39, 0.29) is 24.4 Å². The highest BCUT2D eigenvalue weighted by molar-refractivity contribution is 9.10. The fourth-order valence-electron chi connectivity index (χ4n) is 3.08. The van der Waals surface area contributed by atoms with Gasteiger partial charge in [-0.15, -0.1) is 0 Å². The maximum atomic E-state index is 12.4. The molecule has 160 valence electrons. The van der Waals surface area contributed by atoms with Crippen LogP contribution in [0.4, 0.5) is 4.79 Å². The topological polar surface area (TPSA) is 87.7 Å². The molecule has 2 N–H and O–H groups in total. The third-order valence-corrected chi connectivity index (χ3v) is 5.07. The second-order valence-corrected chi connectivity index (χ2v) is 9.12. The molecule has 0 saturated carbocycles. The number of rotatable bonds is 6. The fourth-order valence-corrected chi connectivity index (χ4v) is 3.34. The second-order valence-electron chi connectivity index (χ2n) is 8.20. The fraction of sp³-hybridized carbons (Fsp3) is 0.571. The van der Waals surface area contributed by atoms with E-state index in [1.54, 1.807) is 20.8 Å². The van der Waals surface area contributed by atoms with E-state index in [1.165, 1.54) is 0 Å². The van der Waals surface area contributed by atoms with Crippen molar-refractivity contribution in [1.29, 1.82) is 0 Å². The average Bonchev–Trinajstić information content (AvgIpc) is 2.65. The van der Waals surface area contributed by atoms with Gasteiger partial charge < -0.3 is 20.3 Å². The zero-order valence-electron chi connectivity index (χ0n) is 17.3. The molecule has 0 aliphatic carbocycles. The molecule has 0 aromatic heterocycles. The van der Waals surface area contributed by atoms with Crippen LogP contribution in [0.2, 0.25) is 0 Å². The van der Waals surface area contributed by atoms with Gasteiger partial charge in [-0.3, -0.25) is 9.59 Å².